The first-order valence-electron chi connectivity index (χ1n) is 5.31. The Balaban J connectivity index is 1.69. The molecular weight excluding hydrogens is 230 g/mol. The number of nitrogens with two attached hydrogens (primary N) is 1. The number of furan rings is 1. The summed E-state index contributed by atoms with van der Waals surface area (Å²) in [5, 5.41) is 0.475. The molecule has 1 atom stereocenters. The third-order valence-electron chi connectivity index (χ3n) is 2.80. The zero-order valence-electron chi connectivity index (χ0n) is 8.62. The number of rotatable bonds is 6. The SMILES string of the molecule is NCC(CSCc1ccc(Cl)o1)C1CC1. The van der Waals surface area contributed by atoms with Gasteiger partial charge in [-0.2, -0.15) is 11.8 Å². The van der Waals surface area contributed by atoms with Crippen LogP contribution in [0, 0.1) is 11.8 Å². The highest BCUT2D eigenvalue weighted by Gasteiger charge is 2.29. The maximum atomic E-state index is 5.74. The van der Waals surface area contributed by atoms with Gasteiger partial charge in [-0.05, 0) is 60.7 Å². The standard InChI is InChI=1S/C11H16ClNOS/c12-11-4-3-10(14-11)7-15-6-9(5-13)8-1-2-8/h3-4,8-9H,1-2,5-7,13H2. The van der Waals surface area contributed by atoms with E-state index in [4.69, 9.17) is 21.8 Å². The van der Waals surface area contributed by atoms with E-state index in [1.54, 1.807) is 6.07 Å². The molecule has 15 heavy (non-hydrogen) atoms. The first-order chi connectivity index (χ1) is 7.29. The fraction of sp³-hybridized carbons (Fsp3) is 0.636. The highest BCUT2D eigenvalue weighted by molar-refractivity contribution is 7.98. The molecule has 0 saturated heterocycles. The quantitative estimate of drug-likeness (QED) is 0.837. The van der Waals surface area contributed by atoms with Crippen molar-refractivity contribution in [3.63, 3.8) is 0 Å². The molecule has 0 spiro atoms. The number of hydrogen-bond donors (Lipinski definition) is 1. The van der Waals surface area contributed by atoms with E-state index in [0.29, 0.717) is 11.1 Å². The molecule has 84 valence electrons. The fourth-order valence-corrected chi connectivity index (χ4v) is 3.05. The van der Waals surface area contributed by atoms with Crippen molar-refractivity contribution in [2.75, 3.05) is 12.3 Å². The third kappa shape index (κ3) is 3.44. The van der Waals surface area contributed by atoms with Crippen LogP contribution in [0.4, 0.5) is 0 Å². The van der Waals surface area contributed by atoms with E-state index in [2.05, 4.69) is 0 Å². The van der Waals surface area contributed by atoms with Gasteiger partial charge in [0, 0.05) is 0 Å². The number of hydrogen-bond acceptors (Lipinski definition) is 3. The van der Waals surface area contributed by atoms with Crippen LogP contribution in [0.15, 0.2) is 16.5 Å². The largest absolute Gasteiger partial charge is 0.449 e. The Bertz CT molecular complexity index is 311. The predicted octanol–water partition coefficient (Wildman–Crippen LogP) is 3.15. The van der Waals surface area contributed by atoms with E-state index in [1.807, 2.05) is 17.8 Å². The lowest BCUT2D eigenvalue weighted by Crippen LogP contribution is -2.18. The molecule has 1 heterocycles. The van der Waals surface area contributed by atoms with E-state index < -0.39 is 0 Å². The maximum absolute atomic E-state index is 5.74. The molecule has 0 aromatic carbocycles. The van der Waals surface area contributed by atoms with Crippen LogP contribution < -0.4 is 5.73 Å². The summed E-state index contributed by atoms with van der Waals surface area (Å²) in [4.78, 5) is 0. The Kier molecular flexibility index (Phi) is 4.00. The molecule has 1 fully saturated rings. The van der Waals surface area contributed by atoms with Crippen LogP contribution in [0.5, 0.6) is 0 Å². The van der Waals surface area contributed by atoms with Crippen LogP contribution in [0.1, 0.15) is 18.6 Å². The Morgan fingerprint density at radius 1 is 1.53 bits per heavy atom. The summed E-state index contributed by atoms with van der Waals surface area (Å²) in [6.45, 7) is 0.816. The minimum absolute atomic E-state index is 0.475. The van der Waals surface area contributed by atoms with E-state index in [0.717, 1.165) is 29.7 Å². The third-order valence-corrected chi connectivity index (χ3v) is 4.15. The lowest BCUT2D eigenvalue weighted by atomic mass is 10.1. The van der Waals surface area contributed by atoms with Gasteiger partial charge in [-0.25, -0.2) is 0 Å². The van der Waals surface area contributed by atoms with Crippen molar-refractivity contribution < 1.29 is 4.42 Å². The highest BCUT2D eigenvalue weighted by Crippen LogP contribution is 2.38. The monoisotopic (exact) mass is 245 g/mol. The molecule has 1 aliphatic rings. The molecule has 0 aliphatic heterocycles. The van der Waals surface area contributed by atoms with Crippen LogP contribution in [0.2, 0.25) is 5.22 Å². The highest BCUT2D eigenvalue weighted by atomic mass is 35.5. The topological polar surface area (TPSA) is 39.2 Å². The fourth-order valence-electron chi connectivity index (χ4n) is 1.70. The lowest BCUT2D eigenvalue weighted by Gasteiger charge is -2.11. The molecule has 1 aliphatic carbocycles. The predicted molar refractivity (Wildman–Crippen MR) is 65.1 cm³/mol. The second-order valence-corrected chi connectivity index (χ2v) is 5.46. The molecule has 0 amide bonds. The summed E-state index contributed by atoms with van der Waals surface area (Å²) in [6, 6.07) is 3.72. The van der Waals surface area contributed by atoms with Crippen LogP contribution in [0.25, 0.3) is 0 Å². The second-order valence-electron chi connectivity index (χ2n) is 4.05. The van der Waals surface area contributed by atoms with Crippen molar-refractivity contribution in [2.45, 2.75) is 18.6 Å². The van der Waals surface area contributed by atoms with Crippen LogP contribution in [0.3, 0.4) is 0 Å². The normalized spacial score (nSPS) is 18.0. The summed E-state index contributed by atoms with van der Waals surface area (Å²) in [5.74, 6) is 4.58. The summed E-state index contributed by atoms with van der Waals surface area (Å²) in [7, 11) is 0. The number of thioether (sulfide) groups is 1. The van der Waals surface area contributed by atoms with Crippen LogP contribution >= 0.6 is 23.4 Å². The van der Waals surface area contributed by atoms with Gasteiger partial charge in [0.05, 0.1) is 5.75 Å². The Morgan fingerprint density at radius 3 is 2.87 bits per heavy atom. The molecule has 2 N–H and O–H groups in total. The van der Waals surface area contributed by atoms with Crippen molar-refractivity contribution in [1.29, 1.82) is 0 Å². The van der Waals surface area contributed by atoms with Crippen molar-refractivity contribution >= 4 is 23.4 Å². The molecule has 4 heteroatoms. The van der Waals surface area contributed by atoms with Gasteiger partial charge in [0.1, 0.15) is 5.76 Å². The summed E-state index contributed by atoms with van der Waals surface area (Å²) in [6.07, 6.45) is 2.74. The molecule has 0 bridgehead atoms. The summed E-state index contributed by atoms with van der Waals surface area (Å²) in [5.41, 5.74) is 5.74. The minimum Gasteiger partial charge on any atom is -0.449 e. The van der Waals surface area contributed by atoms with Gasteiger partial charge in [-0.1, -0.05) is 0 Å². The van der Waals surface area contributed by atoms with Gasteiger partial charge >= 0.3 is 0 Å². The Morgan fingerprint density at radius 2 is 2.33 bits per heavy atom. The molecule has 2 rings (SSSR count). The van der Waals surface area contributed by atoms with Gasteiger partial charge < -0.3 is 10.2 Å². The maximum Gasteiger partial charge on any atom is 0.193 e. The van der Waals surface area contributed by atoms with Gasteiger partial charge in [0.2, 0.25) is 0 Å². The average molecular weight is 246 g/mol. The summed E-state index contributed by atoms with van der Waals surface area (Å²) >= 11 is 7.58. The molecule has 0 radical (unpaired) electrons. The first-order valence-corrected chi connectivity index (χ1v) is 6.85. The van der Waals surface area contributed by atoms with Gasteiger partial charge in [-0.3, -0.25) is 0 Å². The molecule has 2 nitrogen and oxygen atoms in total. The minimum atomic E-state index is 0.475. The molecule has 1 aromatic heterocycles. The molecule has 1 unspecified atom stereocenters. The van der Waals surface area contributed by atoms with Crippen molar-refractivity contribution in [2.24, 2.45) is 17.6 Å². The van der Waals surface area contributed by atoms with Crippen LogP contribution in [-0.2, 0) is 5.75 Å². The first kappa shape index (κ1) is 11.4. The van der Waals surface area contributed by atoms with Crippen LogP contribution in [-0.4, -0.2) is 12.3 Å². The average Bonchev–Trinajstić information content (AvgIpc) is 2.98. The number of halogens is 1. The molecule has 1 aromatic rings. The van der Waals surface area contributed by atoms with Crippen molar-refractivity contribution in [1.82, 2.24) is 0 Å². The smallest absolute Gasteiger partial charge is 0.193 e. The second kappa shape index (κ2) is 5.28. The van der Waals surface area contributed by atoms with E-state index >= 15 is 0 Å². The van der Waals surface area contributed by atoms with E-state index in [-0.39, 0.29) is 0 Å². The van der Waals surface area contributed by atoms with E-state index in [1.165, 1.54) is 12.8 Å². The lowest BCUT2D eigenvalue weighted by molar-refractivity contribution is 0.524. The zero-order chi connectivity index (χ0) is 10.7. The van der Waals surface area contributed by atoms with Crippen molar-refractivity contribution in [3.05, 3.63) is 23.1 Å². The molecular formula is C11H16ClNOS. The van der Waals surface area contributed by atoms with Gasteiger partial charge in [0.25, 0.3) is 0 Å². The summed E-state index contributed by atoms with van der Waals surface area (Å²) < 4.78 is 5.29. The van der Waals surface area contributed by atoms with Gasteiger partial charge in [0.15, 0.2) is 5.22 Å². The Labute approximate surface area is 99.5 Å². The molecule has 1 saturated carbocycles. The van der Waals surface area contributed by atoms with Gasteiger partial charge in [-0.15, -0.1) is 0 Å². The zero-order valence-corrected chi connectivity index (χ0v) is 10.2. The Hall–Kier alpha value is -0.120. The van der Waals surface area contributed by atoms with Crippen molar-refractivity contribution in [3.8, 4) is 0 Å². The van der Waals surface area contributed by atoms with E-state index in [9.17, 15) is 0 Å².